The summed E-state index contributed by atoms with van der Waals surface area (Å²) < 4.78 is 5.58. The molecule has 21 heavy (non-hydrogen) atoms. The van der Waals surface area contributed by atoms with Crippen molar-refractivity contribution in [3.8, 4) is 5.75 Å². The second-order valence-corrected chi connectivity index (χ2v) is 4.50. The van der Waals surface area contributed by atoms with Gasteiger partial charge in [0.2, 0.25) is 0 Å². The van der Waals surface area contributed by atoms with Crippen molar-refractivity contribution < 1.29 is 4.74 Å². The first-order valence-electron chi connectivity index (χ1n) is 8.38. The van der Waals surface area contributed by atoms with E-state index >= 15 is 0 Å². The van der Waals surface area contributed by atoms with Crippen molar-refractivity contribution in [3.63, 3.8) is 0 Å². The van der Waals surface area contributed by atoms with Crippen molar-refractivity contribution in [1.82, 2.24) is 0 Å². The predicted octanol–water partition coefficient (Wildman–Crippen LogP) is 6.02. The summed E-state index contributed by atoms with van der Waals surface area (Å²) in [6.45, 7) is 13.3. The van der Waals surface area contributed by atoms with Gasteiger partial charge in [-0.25, -0.2) is 0 Å². The Hall–Kier alpha value is -1.44. The van der Waals surface area contributed by atoms with Gasteiger partial charge in [0, 0.05) is 5.70 Å². The number of rotatable bonds is 6. The zero-order valence-corrected chi connectivity index (χ0v) is 14.9. The maximum absolute atomic E-state index is 5.90. The van der Waals surface area contributed by atoms with Crippen LogP contribution in [-0.4, -0.2) is 6.61 Å². The van der Waals surface area contributed by atoms with Crippen molar-refractivity contribution in [2.75, 3.05) is 6.61 Å². The lowest BCUT2D eigenvalue weighted by atomic mass is 10.1. The van der Waals surface area contributed by atoms with E-state index in [-0.39, 0.29) is 0 Å². The average molecular weight is 293 g/mol. The first kappa shape index (κ1) is 21.9. The zero-order chi connectivity index (χ0) is 16.5. The van der Waals surface area contributed by atoms with Gasteiger partial charge in [-0.2, -0.15) is 0 Å². The Balaban J connectivity index is 0. The molecule has 0 radical (unpaired) electrons. The number of allylic oxidation sites excluding steroid dienone is 1. The molecule has 0 aliphatic heterocycles. The summed E-state index contributed by atoms with van der Waals surface area (Å²) in [5.74, 6) is 0.918. The second-order valence-electron chi connectivity index (χ2n) is 4.50. The lowest BCUT2D eigenvalue weighted by Crippen LogP contribution is -1.98. The standard InChI is InChI=1S/C14H21NO.C3H8.C2H6/c1-3-5-11-16-13-9-7-12(8-10-13)14(15)6-4-2;1-3-2;1-2/h6-10H,3-5,11,15H2,1-2H3;3H2,1-2H3;1-2H3. The first-order chi connectivity index (χ1) is 10.2. The summed E-state index contributed by atoms with van der Waals surface area (Å²) >= 11 is 0. The van der Waals surface area contributed by atoms with Gasteiger partial charge in [-0.05, 0) is 42.7 Å². The summed E-state index contributed by atoms with van der Waals surface area (Å²) in [5, 5.41) is 0. The lowest BCUT2D eigenvalue weighted by Gasteiger charge is -2.06. The third-order valence-corrected chi connectivity index (χ3v) is 2.38. The van der Waals surface area contributed by atoms with Gasteiger partial charge in [0.25, 0.3) is 0 Å². The molecule has 0 unspecified atom stereocenters. The third-order valence-electron chi connectivity index (χ3n) is 2.38. The van der Waals surface area contributed by atoms with E-state index in [0.29, 0.717) is 0 Å². The Kier molecular flexibility index (Phi) is 17.3. The van der Waals surface area contributed by atoms with Crippen LogP contribution >= 0.6 is 0 Å². The first-order valence-corrected chi connectivity index (χ1v) is 8.38. The fourth-order valence-corrected chi connectivity index (χ4v) is 1.42. The molecule has 0 aliphatic rings. The van der Waals surface area contributed by atoms with Gasteiger partial charge >= 0.3 is 0 Å². The number of nitrogens with two attached hydrogens (primary N) is 1. The van der Waals surface area contributed by atoms with Crippen LogP contribution in [0.25, 0.3) is 5.70 Å². The van der Waals surface area contributed by atoms with Crippen molar-refractivity contribution in [2.24, 2.45) is 5.73 Å². The minimum atomic E-state index is 0.788. The molecule has 0 amide bonds. The van der Waals surface area contributed by atoms with Crippen molar-refractivity contribution in [3.05, 3.63) is 35.9 Å². The monoisotopic (exact) mass is 293 g/mol. The molecule has 0 fully saturated rings. The number of hydrogen-bond acceptors (Lipinski definition) is 2. The molecule has 0 saturated carbocycles. The molecule has 122 valence electrons. The van der Waals surface area contributed by atoms with Crippen LogP contribution in [0, 0.1) is 0 Å². The fourth-order valence-electron chi connectivity index (χ4n) is 1.42. The molecule has 1 aromatic rings. The van der Waals surface area contributed by atoms with Crippen molar-refractivity contribution in [1.29, 1.82) is 0 Å². The Morgan fingerprint density at radius 3 is 2.00 bits per heavy atom. The third kappa shape index (κ3) is 12.0. The van der Waals surface area contributed by atoms with Crippen LogP contribution < -0.4 is 10.5 Å². The van der Waals surface area contributed by atoms with Crippen LogP contribution in [0.1, 0.15) is 72.8 Å². The molecule has 0 bridgehead atoms. The Labute approximate surface area is 132 Å². The molecule has 2 N–H and O–H groups in total. The molecule has 2 nitrogen and oxygen atoms in total. The van der Waals surface area contributed by atoms with Crippen LogP contribution in [0.4, 0.5) is 0 Å². The molecule has 0 aromatic heterocycles. The SMILES string of the molecule is CC.CCC.CCC=C(N)c1ccc(OCCCC)cc1. The van der Waals surface area contributed by atoms with E-state index in [1.54, 1.807) is 0 Å². The number of ether oxygens (including phenoxy) is 1. The van der Waals surface area contributed by atoms with Gasteiger partial charge in [-0.1, -0.05) is 60.5 Å². The lowest BCUT2D eigenvalue weighted by molar-refractivity contribution is 0.309. The quantitative estimate of drug-likeness (QED) is 0.651. The highest BCUT2D eigenvalue weighted by molar-refractivity contribution is 5.62. The maximum Gasteiger partial charge on any atom is 0.119 e. The number of hydrogen-bond donors (Lipinski definition) is 1. The highest BCUT2D eigenvalue weighted by Crippen LogP contribution is 2.16. The maximum atomic E-state index is 5.90. The van der Waals surface area contributed by atoms with Gasteiger partial charge in [0.05, 0.1) is 6.61 Å². The van der Waals surface area contributed by atoms with Crippen LogP contribution in [0.2, 0.25) is 0 Å². The number of unbranched alkanes of at least 4 members (excludes halogenated alkanes) is 1. The van der Waals surface area contributed by atoms with E-state index in [2.05, 4.69) is 27.7 Å². The summed E-state index contributed by atoms with van der Waals surface area (Å²) in [4.78, 5) is 0. The van der Waals surface area contributed by atoms with Crippen LogP contribution in [0.5, 0.6) is 5.75 Å². The highest BCUT2D eigenvalue weighted by atomic mass is 16.5. The molecule has 0 saturated heterocycles. The largest absolute Gasteiger partial charge is 0.494 e. The second kappa shape index (κ2) is 16.6. The minimum absolute atomic E-state index is 0.788. The van der Waals surface area contributed by atoms with E-state index in [9.17, 15) is 0 Å². The Bertz CT molecular complexity index is 341. The molecule has 0 heterocycles. The molecular formula is C19H35NO. The zero-order valence-electron chi connectivity index (χ0n) is 14.9. The highest BCUT2D eigenvalue weighted by Gasteiger charge is 1.97. The van der Waals surface area contributed by atoms with Gasteiger partial charge in [0.15, 0.2) is 0 Å². The minimum Gasteiger partial charge on any atom is -0.494 e. The van der Waals surface area contributed by atoms with E-state index in [4.69, 9.17) is 10.5 Å². The summed E-state index contributed by atoms with van der Waals surface area (Å²) in [6, 6.07) is 7.95. The molecule has 0 atom stereocenters. The normalized spacial score (nSPS) is 9.90. The molecule has 1 aromatic carbocycles. The molecule has 2 heteroatoms. The number of benzene rings is 1. The summed E-state index contributed by atoms with van der Waals surface area (Å²) in [6.07, 6.45) is 6.48. The van der Waals surface area contributed by atoms with Crippen LogP contribution in [0.15, 0.2) is 30.3 Å². The van der Waals surface area contributed by atoms with Crippen LogP contribution in [-0.2, 0) is 0 Å². The molecule has 0 spiro atoms. The van der Waals surface area contributed by atoms with Gasteiger partial charge in [-0.15, -0.1) is 0 Å². The Morgan fingerprint density at radius 1 is 1.05 bits per heavy atom. The van der Waals surface area contributed by atoms with Gasteiger partial charge in [0.1, 0.15) is 5.75 Å². The predicted molar refractivity (Wildman–Crippen MR) is 96.6 cm³/mol. The van der Waals surface area contributed by atoms with E-state index in [1.165, 1.54) is 6.42 Å². The fraction of sp³-hybridized carbons (Fsp3) is 0.579. The van der Waals surface area contributed by atoms with Crippen molar-refractivity contribution in [2.45, 2.75) is 67.2 Å². The van der Waals surface area contributed by atoms with Crippen LogP contribution in [0.3, 0.4) is 0 Å². The molecular weight excluding hydrogens is 258 g/mol. The molecule has 0 aliphatic carbocycles. The van der Waals surface area contributed by atoms with Gasteiger partial charge < -0.3 is 10.5 Å². The average Bonchev–Trinajstić information content (AvgIpc) is 2.51. The Morgan fingerprint density at radius 2 is 1.57 bits per heavy atom. The summed E-state index contributed by atoms with van der Waals surface area (Å²) in [5.41, 5.74) is 7.79. The van der Waals surface area contributed by atoms with Crippen molar-refractivity contribution >= 4 is 5.70 Å². The topological polar surface area (TPSA) is 35.2 Å². The smallest absolute Gasteiger partial charge is 0.119 e. The van der Waals surface area contributed by atoms with E-state index in [1.807, 2.05) is 44.2 Å². The van der Waals surface area contributed by atoms with Gasteiger partial charge in [-0.3, -0.25) is 0 Å². The van der Waals surface area contributed by atoms with E-state index < -0.39 is 0 Å². The molecule has 1 rings (SSSR count). The van der Waals surface area contributed by atoms with E-state index in [0.717, 1.165) is 42.9 Å². The summed E-state index contributed by atoms with van der Waals surface area (Å²) in [7, 11) is 0.